The molecule has 0 radical (unpaired) electrons. The first-order valence-electron chi connectivity index (χ1n) is 11.0. The Morgan fingerprint density at radius 2 is 1.58 bits per heavy atom. The van der Waals surface area contributed by atoms with E-state index >= 15 is 0 Å². The molecule has 2 heterocycles. The summed E-state index contributed by atoms with van der Waals surface area (Å²) in [5.74, 6) is 3.91. The van der Waals surface area contributed by atoms with E-state index < -0.39 is 0 Å². The molecule has 2 spiro atoms. The van der Waals surface area contributed by atoms with E-state index in [1.807, 2.05) is 0 Å². The topological polar surface area (TPSA) is 30.5 Å². The molecule has 138 valence electrons. The molecule has 7 aliphatic rings. The lowest BCUT2D eigenvalue weighted by molar-refractivity contribution is -0.606. The molecule has 1 saturated heterocycles. The summed E-state index contributed by atoms with van der Waals surface area (Å²) >= 11 is 0. The van der Waals surface area contributed by atoms with Gasteiger partial charge < -0.3 is 5.32 Å². The van der Waals surface area contributed by atoms with E-state index in [-0.39, 0.29) is 11.2 Å². The lowest BCUT2D eigenvalue weighted by Crippen LogP contribution is -2.80. The Hall–Kier alpha value is -1.06. The van der Waals surface area contributed by atoms with E-state index in [0.29, 0.717) is 23.8 Å². The largest absolute Gasteiger partial charge is 0.382 e. The van der Waals surface area contributed by atoms with Crippen molar-refractivity contribution in [2.45, 2.75) is 75.0 Å². The van der Waals surface area contributed by atoms with E-state index in [4.69, 9.17) is 9.78 Å². The van der Waals surface area contributed by atoms with Gasteiger partial charge >= 0.3 is 0 Å². The first-order valence-corrected chi connectivity index (χ1v) is 11.0. The summed E-state index contributed by atoms with van der Waals surface area (Å²) in [6, 6.07) is 9.54. The van der Waals surface area contributed by atoms with Crippen LogP contribution in [0.25, 0.3) is 0 Å². The molecule has 26 heavy (non-hydrogen) atoms. The summed E-state index contributed by atoms with van der Waals surface area (Å²) in [5.41, 5.74) is 2.48. The van der Waals surface area contributed by atoms with Gasteiger partial charge in [-0.2, -0.15) is 0 Å². The van der Waals surface area contributed by atoms with Gasteiger partial charge in [0.1, 0.15) is 5.60 Å². The second-order valence-corrected chi connectivity index (χ2v) is 10.2. The fraction of sp³-hybridized carbons (Fsp3) is 0.739. The molecule has 5 aliphatic carbocycles. The SMILES string of the molecule is c1ccc2c(c1)NC1CCCCC1C21OOC12C1CC3CC(C1)CC2C3. The maximum atomic E-state index is 6.39. The minimum absolute atomic E-state index is 0.0428. The molecule has 4 bridgehead atoms. The monoisotopic (exact) mass is 351 g/mol. The van der Waals surface area contributed by atoms with Crippen molar-refractivity contribution < 1.29 is 9.78 Å². The molecule has 2 aliphatic heterocycles. The van der Waals surface area contributed by atoms with E-state index in [1.165, 1.54) is 69.0 Å². The van der Waals surface area contributed by atoms with Gasteiger partial charge in [0.2, 0.25) is 0 Å². The summed E-state index contributed by atoms with van der Waals surface area (Å²) in [5, 5.41) is 3.89. The van der Waals surface area contributed by atoms with Gasteiger partial charge in [-0.05, 0) is 74.7 Å². The number of hydrogen-bond acceptors (Lipinski definition) is 3. The van der Waals surface area contributed by atoms with Crippen molar-refractivity contribution in [3.8, 4) is 0 Å². The van der Waals surface area contributed by atoms with Gasteiger partial charge in [-0.15, -0.1) is 0 Å². The summed E-state index contributed by atoms with van der Waals surface area (Å²) in [6.45, 7) is 0. The Bertz CT molecular complexity index is 732. The summed E-state index contributed by atoms with van der Waals surface area (Å²) in [7, 11) is 0. The third-order valence-electron chi connectivity index (χ3n) is 9.20. The molecular weight excluding hydrogens is 322 g/mol. The molecule has 0 aromatic heterocycles. The molecule has 3 unspecified atom stereocenters. The van der Waals surface area contributed by atoms with Crippen LogP contribution in [0.15, 0.2) is 24.3 Å². The van der Waals surface area contributed by atoms with Crippen molar-refractivity contribution in [1.82, 2.24) is 0 Å². The second kappa shape index (κ2) is 4.86. The second-order valence-electron chi connectivity index (χ2n) is 10.2. The van der Waals surface area contributed by atoms with E-state index in [2.05, 4.69) is 29.6 Å². The Kier molecular flexibility index (Phi) is 2.79. The third-order valence-corrected chi connectivity index (χ3v) is 9.20. The molecular formula is C23H29NO2. The van der Waals surface area contributed by atoms with Crippen LogP contribution in [0.4, 0.5) is 5.69 Å². The van der Waals surface area contributed by atoms with Crippen molar-refractivity contribution >= 4 is 5.69 Å². The van der Waals surface area contributed by atoms with Gasteiger partial charge in [0, 0.05) is 23.2 Å². The van der Waals surface area contributed by atoms with Gasteiger partial charge in [-0.25, -0.2) is 9.78 Å². The molecule has 1 aromatic rings. The highest BCUT2D eigenvalue weighted by atomic mass is 17.3. The highest BCUT2D eigenvalue weighted by Gasteiger charge is 2.78. The van der Waals surface area contributed by atoms with Gasteiger partial charge in [0.05, 0.1) is 0 Å². The minimum atomic E-state index is -0.192. The fourth-order valence-electron chi connectivity index (χ4n) is 8.58. The van der Waals surface area contributed by atoms with Gasteiger partial charge in [-0.3, -0.25) is 0 Å². The van der Waals surface area contributed by atoms with Crippen LogP contribution in [0.3, 0.4) is 0 Å². The van der Waals surface area contributed by atoms with Crippen LogP contribution in [0.2, 0.25) is 0 Å². The maximum Gasteiger partial charge on any atom is 0.168 e. The van der Waals surface area contributed by atoms with Crippen LogP contribution in [0.1, 0.15) is 63.4 Å². The molecule has 1 N–H and O–H groups in total. The summed E-state index contributed by atoms with van der Waals surface area (Å²) in [4.78, 5) is 12.8. The molecule has 6 fully saturated rings. The van der Waals surface area contributed by atoms with Crippen LogP contribution in [-0.2, 0) is 15.4 Å². The zero-order valence-electron chi connectivity index (χ0n) is 15.5. The highest BCUT2D eigenvalue weighted by Crippen LogP contribution is 2.73. The number of nitrogens with one attached hydrogen (secondary N) is 1. The standard InChI is InChI=1S/C23H29NO2/c1-3-7-20-18(5-1)23(19-6-2-4-8-21(19)24-20)22(25-26-23)16-10-14-9-15(12-16)13-17(22)11-14/h1,3,5,7,14-17,19,21,24H,2,4,6,8-13H2. The van der Waals surface area contributed by atoms with Crippen molar-refractivity contribution in [2.75, 3.05) is 5.32 Å². The van der Waals surface area contributed by atoms with Crippen LogP contribution in [0, 0.1) is 29.6 Å². The number of rotatable bonds is 0. The van der Waals surface area contributed by atoms with Gasteiger partial charge in [-0.1, -0.05) is 31.0 Å². The Balaban J connectivity index is 1.44. The van der Waals surface area contributed by atoms with Gasteiger partial charge in [0.15, 0.2) is 5.60 Å². The minimum Gasteiger partial charge on any atom is -0.382 e. The average molecular weight is 351 g/mol. The van der Waals surface area contributed by atoms with E-state index in [9.17, 15) is 0 Å². The van der Waals surface area contributed by atoms with Crippen molar-refractivity contribution in [3.63, 3.8) is 0 Å². The zero-order valence-corrected chi connectivity index (χ0v) is 15.5. The van der Waals surface area contributed by atoms with Crippen LogP contribution in [0.5, 0.6) is 0 Å². The normalized spacial score (nSPS) is 53.1. The molecule has 5 saturated carbocycles. The number of anilines is 1. The van der Waals surface area contributed by atoms with Crippen molar-refractivity contribution in [2.24, 2.45) is 29.6 Å². The van der Waals surface area contributed by atoms with Gasteiger partial charge in [0.25, 0.3) is 0 Å². The highest BCUT2D eigenvalue weighted by molar-refractivity contribution is 5.60. The zero-order chi connectivity index (χ0) is 16.9. The third kappa shape index (κ3) is 1.53. The number of benzene rings is 1. The maximum absolute atomic E-state index is 6.39. The number of para-hydroxylation sites is 1. The van der Waals surface area contributed by atoms with Crippen LogP contribution < -0.4 is 5.32 Å². The molecule has 3 heteroatoms. The average Bonchev–Trinajstić information content (AvgIpc) is 2.64. The predicted octanol–water partition coefficient (Wildman–Crippen LogP) is 5.02. The number of hydrogen-bond donors (Lipinski definition) is 1. The number of fused-ring (bicyclic) bond motifs is 4. The van der Waals surface area contributed by atoms with Crippen LogP contribution in [-0.4, -0.2) is 11.6 Å². The Morgan fingerprint density at radius 3 is 2.31 bits per heavy atom. The lowest BCUT2D eigenvalue weighted by Gasteiger charge is -2.73. The summed E-state index contributed by atoms with van der Waals surface area (Å²) < 4.78 is 0. The van der Waals surface area contributed by atoms with E-state index in [0.717, 1.165) is 11.8 Å². The fourth-order valence-corrected chi connectivity index (χ4v) is 8.58. The molecule has 3 nitrogen and oxygen atoms in total. The predicted molar refractivity (Wildman–Crippen MR) is 99.4 cm³/mol. The summed E-state index contributed by atoms with van der Waals surface area (Å²) in [6.07, 6.45) is 12.3. The molecule has 1 aromatic carbocycles. The first kappa shape index (κ1) is 14.9. The smallest absolute Gasteiger partial charge is 0.168 e. The quantitative estimate of drug-likeness (QED) is 0.666. The van der Waals surface area contributed by atoms with Crippen LogP contribution >= 0.6 is 0 Å². The lowest BCUT2D eigenvalue weighted by atomic mass is 9.42. The molecule has 8 rings (SSSR count). The molecule has 0 amide bonds. The van der Waals surface area contributed by atoms with Crippen molar-refractivity contribution in [1.29, 1.82) is 0 Å². The van der Waals surface area contributed by atoms with Crippen molar-refractivity contribution in [3.05, 3.63) is 29.8 Å². The Labute approximate surface area is 155 Å². The van der Waals surface area contributed by atoms with E-state index in [1.54, 1.807) is 0 Å². The first-order chi connectivity index (χ1) is 12.8. The Morgan fingerprint density at radius 1 is 0.846 bits per heavy atom. The molecule has 3 atom stereocenters.